The molecule has 1 nitrogen and oxygen atoms in total. The van der Waals surface area contributed by atoms with E-state index in [2.05, 4.69) is 12.6 Å². The quantitative estimate of drug-likeness (QED) is 0.549. The normalized spacial score (nSPS) is 6.33. The van der Waals surface area contributed by atoms with Gasteiger partial charge in [0.05, 0.1) is 0 Å². The number of thiol groups is 1. The van der Waals surface area contributed by atoms with Crippen LogP contribution in [0.2, 0.25) is 0 Å². The molecule has 0 saturated heterocycles. The van der Waals surface area contributed by atoms with Gasteiger partial charge >= 0.3 is 0 Å². The van der Waals surface area contributed by atoms with Crippen LogP contribution >= 0.6 is 12.6 Å². The van der Waals surface area contributed by atoms with Gasteiger partial charge in [-0.3, -0.25) is 4.79 Å². The van der Waals surface area contributed by atoms with Crippen molar-refractivity contribution in [1.29, 1.82) is 0 Å². The van der Waals surface area contributed by atoms with Gasteiger partial charge in [0.1, 0.15) is 5.78 Å². The largest absolute Gasteiger partial charge is 0.299 e. The monoisotopic (exact) mass is 287 g/mol. The average Bonchev–Trinajstić information content (AvgIpc) is 1.38. The van der Waals surface area contributed by atoms with Crippen LogP contribution in [0.4, 0.5) is 0 Å². The van der Waals surface area contributed by atoms with Crippen LogP contribution in [0.15, 0.2) is 0 Å². The molecule has 0 aliphatic rings. The van der Waals surface area contributed by atoms with Gasteiger partial charge in [-0.15, -0.1) is 0 Å². The first-order chi connectivity index (χ1) is 2.27. The van der Waals surface area contributed by atoms with E-state index in [-0.39, 0.29) is 28.2 Å². The van der Waals surface area contributed by atoms with Crippen molar-refractivity contribution in [2.24, 2.45) is 0 Å². The van der Waals surface area contributed by atoms with Gasteiger partial charge in [0.25, 0.3) is 0 Å². The zero-order valence-electron chi connectivity index (χ0n) is 3.36. The van der Waals surface area contributed by atoms with E-state index < -0.39 is 0 Å². The number of hydrogen-bond donors (Lipinski definition) is 1. The number of rotatable bonds is 1. The number of carbonyl (C=O) groups excluding carboxylic acids is 1. The average molecular weight is 287 g/mol. The summed E-state index contributed by atoms with van der Waals surface area (Å²) in [4.78, 5) is 9.74. The molecular formula is C3H6AuOS. The van der Waals surface area contributed by atoms with Gasteiger partial charge < -0.3 is 0 Å². The molecule has 0 atom stereocenters. The van der Waals surface area contributed by atoms with E-state index in [0.29, 0.717) is 5.75 Å². The zero-order valence-corrected chi connectivity index (χ0v) is 6.42. The molecule has 0 spiro atoms. The summed E-state index contributed by atoms with van der Waals surface area (Å²) in [6.07, 6.45) is 0. The van der Waals surface area contributed by atoms with E-state index in [0.717, 1.165) is 0 Å². The summed E-state index contributed by atoms with van der Waals surface area (Å²) in [6, 6.07) is 0. The Balaban J connectivity index is 0. The van der Waals surface area contributed by atoms with Gasteiger partial charge in [0.15, 0.2) is 0 Å². The smallest absolute Gasteiger partial charge is 0.139 e. The second kappa shape index (κ2) is 5.76. The van der Waals surface area contributed by atoms with Gasteiger partial charge in [-0.25, -0.2) is 0 Å². The molecule has 3 heteroatoms. The standard InChI is InChI=1S/C3H6OS.Au/c1-3(4)2-5;/h5H,2H2,1H3;. The van der Waals surface area contributed by atoms with Crippen LogP contribution in [0.25, 0.3) is 0 Å². The molecule has 0 aromatic heterocycles. The minimum atomic E-state index is 0. The minimum Gasteiger partial charge on any atom is -0.299 e. The molecule has 0 aliphatic carbocycles. The summed E-state index contributed by atoms with van der Waals surface area (Å²) in [5.74, 6) is 0.480. The molecule has 0 unspecified atom stereocenters. The fourth-order valence-electron chi connectivity index (χ4n) is 0. The van der Waals surface area contributed by atoms with Crippen molar-refractivity contribution < 1.29 is 27.2 Å². The molecule has 0 N–H and O–H groups in total. The Morgan fingerprint density at radius 1 is 1.83 bits per heavy atom. The third kappa shape index (κ3) is 8.83. The maximum Gasteiger partial charge on any atom is 0.139 e. The minimum absolute atomic E-state index is 0. The molecule has 0 saturated carbocycles. The van der Waals surface area contributed by atoms with Crippen molar-refractivity contribution in [3.05, 3.63) is 0 Å². The second-order valence-electron chi connectivity index (χ2n) is 0.860. The molecular weight excluding hydrogens is 281 g/mol. The van der Waals surface area contributed by atoms with Crippen molar-refractivity contribution in [3.63, 3.8) is 0 Å². The summed E-state index contributed by atoms with van der Waals surface area (Å²) in [5.41, 5.74) is 0. The Kier molecular flexibility index (Phi) is 9.50. The van der Waals surface area contributed by atoms with Gasteiger partial charge in [0, 0.05) is 28.1 Å². The molecule has 0 aromatic carbocycles. The van der Waals surface area contributed by atoms with Crippen LogP contribution < -0.4 is 0 Å². The van der Waals surface area contributed by atoms with E-state index in [4.69, 9.17) is 0 Å². The number of hydrogen-bond acceptors (Lipinski definition) is 2. The van der Waals surface area contributed by atoms with Crippen LogP contribution in [0.1, 0.15) is 6.92 Å². The van der Waals surface area contributed by atoms with Gasteiger partial charge in [0.2, 0.25) is 0 Å². The van der Waals surface area contributed by atoms with Crippen LogP contribution in [-0.4, -0.2) is 11.5 Å². The summed E-state index contributed by atoms with van der Waals surface area (Å²) in [7, 11) is 0. The first kappa shape index (κ1) is 9.90. The van der Waals surface area contributed by atoms with Gasteiger partial charge in [-0.2, -0.15) is 12.6 Å². The Bertz CT molecular complexity index is 46.1. The summed E-state index contributed by atoms with van der Waals surface area (Å²) < 4.78 is 0. The third-order valence-corrected chi connectivity index (χ3v) is 0.668. The maximum atomic E-state index is 9.74. The first-order valence-electron chi connectivity index (χ1n) is 1.37. The van der Waals surface area contributed by atoms with Crippen LogP contribution in [-0.2, 0) is 27.2 Å². The predicted molar refractivity (Wildman–Crippen MR) is 24.5 cm³/mol. The maximum absolute atomic E-state index is 9.74. The zero-order chi connectivity index (χ0) is 4.28. The summed E-state index contributed by atoms with van der Waals surface area (Å²) in [5, 5.41) is 0. The Morgan fingerprint density at radius 2 is 2.00 bits per heavy atom. The summed E-state index contributed by atoms with van der Waals surface area (Å²) in [6.45, 7) is 1.51. The van der Waals surface area contributed by atoms with Crippen LogP contribution in [0, 0.1) is 0 Å². The SMILES string of the molecule is CC(=O)CS.[Au]. The topological polar surface area (TPSA) is 17.1 Å². The molecule has 0 aromatic rings. The Hall–Kier alpha value is 0.760. The van der Waals surface area contributed by atoms with Crippen molar-refractivity contribution in [2.75, 3.05) is 5.75 Å². The molecule has 0 fully saturated rings. The third-order valence-electron chi connectivity index (χ3n) is 0.223. The second-order valence-corrected chi connectivity index (χ2v) is 1.18. The van der Waals surface area contributed by atoms with E-state index >= 15 is 0 Å². The Labute approximate surface area is 58.4 Å². The number of carbonyl (C=O) groups is 1. The van der Waals surface area contributed by atoms with Crippen molar-refractivity contribution in [3.8, 4) is 0 Å². The predicted octanol–water partition coefficient (Wildman–Crippen LogP) is 0.503. The van der Waals surface area contributed by atoms with Crippen LogP contribution in [0.5, 0.6) is 0 Å². The molecule has 1 radical (unpaired) electrons. The van der Waals surface area contributed by atoms with E-state index in [1.54, 1.807) is 0 Å². The number of Topliss-reactive ketones (excluding diaryl/α,β-unsaturated/α-hetero) is 1. The van der Waals surface area contributed by atoms with Crippen LogP contribution in [0.3, 0.4) is 0 Å². The van der Waals surface area contributed by atoms with E-state index in [1.807, 2.05) is 0 Å². The molecule has 0 bridgehead atoms. The summed E-state index contributed by atoms with van der Waals surface area (Å²) >= 11 is 3.67. The molecule has 41 valence electrons. The first-order valence-corrected chi connectivity index (χ1v) is 2.01. The fourth-order valence-corrected chi connectivity index (χ4v) is 0. The molecule has 0 heterocycles. The van der Waals surface area contributed by atoms with Gasteiger partial charge in [-0.05, 0) is 6.92 Å². The van der Waals surface area contributed by atoms with Crippen molar-refractivity contribution >= 4 is 18.4 Å². The molecule has 0 aliphatic heterocycles. The fraction of sp³-hybridized carbons (Fsp3) is 0.667. The van der Waals surface area contributed by atoms with Gasteiger partial charge in [-0.1, -0.05) is 0 Å². The Morgan fingerprint density at radius 3 is 2.00 bits per heavy atom. The number of ketones is 1. The molecule has 6 heavy (non-hydrogen) atoms. The molecule has 0 rings (SSSR count). The van der Waals surface area contributed by atoms with E-state index in [1.165, 1.54) is 6.92 Å². The van der Waals surface area contributed by atoms with Crippen molar-refractivity contribution in [2.45, 2.75) is 6.92 Å². The van der Waals surface area contributed by atoms with E-state index in [9.17, 15) is 4.79 Å². The molecule has 0 amide bonds. The van der Waals surface area contributed by atoms with Crippen molar-refractivity contribution in [1.82, 2.24) is 0 Å².